The summed E-state index contributed by atoms with van der Waals surface area (Å²) in [6.45, 7) is 0.965. The zero-order valence-electron chi connectivity index (χ0n) is 5.72. The average Bonchev–Trinajstić information content (AvgIpc) is 1.65. The van der Waals surface area contributed by atoms with Gasteiger partial charge in [-0.15, -0.1) is 0 Å². The zero-order valence-corrected chi connectivity index (χ0v) is 11.7. The maximum Gasteiger partial charge on any atom is 0.239 e. The molecule has 2 nitrogen and oxygen atoms in total. The Morgan fingerprint density at radius 2 is 2.00 bits per heavy atom. The maximum atomic E-state index is 11.2. The summed E-state index contributed by atoms with van der Waals surface area (Å²) in [5.41, 5.74) is 1.46. The van der Waals surface area contributed by atoms with Crippen molar-refractivity contribution in [1.29, 1.82) is 0 Å². The Bertz CT molecular complexity index is 107. The largest absolute Gasteiger partial charge is 0.653 e. The minimum absolute atomic E-state index is 0.209. The number of quaternary nitrogens is 1. The molecular formula is C3H13NOSi3. The van der Waals surface area contributed by atoms with Crippen LogP contribution in [0.15, 0.2) is 0 Å². The lowest BCUT2D eigenvalue weighted by atomic mass is 10.2. The number of rotatable bonds is 0. The van der Waals surface area contributed by atoms with E-state index >= 15 is 0 Å². The van der Waals surface area contributed by atoms with Gasteiger partial charge in [-0.1, -0.05) is 0 Å². The lowest BCUT2D eigenvalue weighted by Crippen LogP contribution is -2.63. The van der Waals surface area contributed by atoms with Crippen molar-refractivity contribution in [3.63, 3.8) is 0 Å². The van der Waals surface area contributed by atoms with Gasteiger partial charge in [-0.25, -0.2) is 0 Å². The van der Waals surface area contributed by atoms with Crippen molar-refractivity contribution in [2.24, 2.45) is 0 Å². The first kappa shape index (κ1) is 6.69. The average molecular weight is 163 g/mol. The summed E-state index contributed by atoms with van der Waals surface area (Å²) in [6.07, 6.45) is 0. The molecule has 1 saturated heterocycles. The molecular weight excluding hydrogens is 150 g/mol. The van der Waals surface area contributed by atoms with Crippen LogP contribution >= 0.6 is 0 Å². The SMILES string of the molecule is [O-][N+]1([SiH3])CC([SiH3])C1[SiH3]. The summed E-state index contributed by atoms with van der Waals surface area (Å²) in [4.78, 5) is 0. The van der Waals surface area contributed by atoms with Gasteiger partial charge in [-0.2, -0.15) is 0 Å². The molecule has 1 aliphatic heterocycles. The lowest BCUT2D eigenvalue weighted by molar-refractivity contribution is -0.821. The molecule has 0 spiro atoms. The van der Waals surface area contributed by atoms with E-state index in [2.05, 4.69) is 0 Å². The third-order valence-electron chi connectivity index (χ3n) is 2.34. The number of hydrogen-bond acceptors (Lipinski definition) is 1. The summed E-state index contributed by atoms with van der Waals surface area (Å²) in [7, 11) is 3.21. The second-order valence-corrected chi connectivity index (χ2v) is 7.25. The first-order valence-electron chi connectivity index (χ1n) is 3.10. The fraction of sp³-hybridized carbons (Fsp3) is 1.00. The molecule has 0 N–H and O–H groups in total. The molecule has 3 unspecified atom stereocenters. The van der Waals surface area contributed by atoms with Crippen LogP contribution in [0.2, 0.25) is 5.54 Å². The molecule has 1 heterocycles. The molecule has 5 heteroatoms. The van der Waals surface area contributed by atoms with Crippen LogP contribution in [-0.4, -0.2) is 47.4 Å². The molecule has 0 amide bonds. The molecule has 3 atom stereocenters. The Morgan fingerprint density at radius 3 is 2.00 bits per heavy atom. The fourth-order valence-electron chi connectivity index (χ4n) is 1.29. The van der Waals surface area contributed by atoms with Crippen LogP contribution in [0.3, 0.4) is 0 Å². The molecule has 0 aromatic carbocycles. The van der Waals surface area contributed by atoms with Gasteiger partial charge in [-0.05, 0) is 0 Å². The van der Waals surface area contributed by atoms with Gasteiger partial charge in [0.15, 0.2) is 0 Å². The second kappa shape index (κ2) is 1.77. The Labute approximate surface area is 58.8 Å². The molecule has 0 saturated carbocycles. The van der Waals surface area contributed by atoms with Crippen LogP contribution in [0.5, 0.6) is 0 Å². The van der Waals surface area contributed by atoms with Crippen LogP contribution < -0.4 is 0 Å². The third-order valence-corrected chi connectivity index (χ3v) is 9.44. The topological polar surface area (TPSA) is 23.1 Å². The van der Waals surface area contributed by atoms with Crippen molar-refractivity contribution in [2.45, 2.75) is 11.2 Å². The van der Waals surface area contributed by atoms with E-state index < -0.39 is 0 Å². The predicted octanol–water partition coefficient (Wildman–Crippen LogP) is -3.56. The van der Waals surface area contributed by atoms with Gasteiger partial charge in [0.1, 0.15) is 0 Å². The van der Waals surface area contributed by atoms with E-state index in [-0.39, 0.29) is 4.31 Å². The van der Waals surface area contributed by atoms with Gasteiger partial charge in [0.25, 0.3) is 0 Å². The standard InChI is InChI=1S/C3H13NOSi3/c5-4(8)1-2(6)3(4)7/h2-3H,1H2,6-8H3. The monoisotopic (exact) mass is 163 g/mol. The molecule has 1 fully saturated rings. The highest BCUT2D eigenvalue weighted by Gasteiger charge is 2.36. The van der Waals surface area contributed by atoms with Crippen LogP contribution in [-0.2, 0) is 0 Å². The van der Waals surface area contributed by atoms with Crippen molar-refractivity contribution in [3.05, 3.63) is 5.21 Å². The Hall–Kier alpha value is 0.571. The van der Waals surface area contributed by atoms with E-state index in [4.69, 9.17) is 0 Å². The number of hydroxylamine groups is 2. The van der Waals surface area contributed by atoms with E-state index in [9.17, 15) is 5.21 Å². The van der Waals surface area contributed by atoms with E-state index in [1.807, 2.05) is 0 Å². The van der Waals surface area contributed by atoms with Gasteiger partial charge in [0.05, 0.1) is 22.5 Å². The molecule has 1 aliphatic rings. The Kier molecular flexibility index (Phi) is 1.48. The molecule has 48 valence electrons. The quantitative estimate of drug-likeness (QED) is 0.268. The zero-order chi connectivity index (χ0) is 6.36. The Balaban J connectivity index is 2.47. The third kappa shape index (κ3) is 0.841. The first-order valence-corrected chi connectivity index (χ1v) is 6.30. The fourth-order valence-corrected chi connectivity index (χ4v) is 5.48. The molecule has 8 heavy (non-hydrogen) atoms. The van der Waals surface area contributed by atoms with E-state index in [1.54, 1.807) is 0 Å². The van der Waals surface area contributed by atoms with Crippen LogP contribution in [0.25, 0.3) is 0 Å². The number of hydrogen-bond donors (Lipinski definition) is 0. The molecule has 1 rings (SSSR count). The highest BCUT2D eigenvalue weighted by Crippen LogP contribution is 2.29. The Morgan fingerprint density at radius 1 is 1.50 bits per heavy atom. The molecule has 0 aromatic rings. The predicted molar refractivity (Wildman–Crippen MR) is 45.8 cm³/mol. The van der Waals surface area contributed by atoms with Crippen molar-refractivity contribution < 1.29 is 4.31 Å². The summed E-state index contributed by atoms with van der Waals surface area (Å²) in [6, 6.07) is 0. The highest BCUT2D eigenvalue weighted by molar-refractivity contribution is 6.23. The van der Waals surface area contributed by atoms with E-state index in [0.29, 0.717) is 5.67 Å². The maximum absolute atomic E-state index is 11.2. The van der Waals surface area contributed by atoms with Gasteiger partial charge < -0.3 is 9.52 Å². The van der Waals surface area contributed by atoms with Gasteiger partial charge in [0, 0.05) is 15.8 Å². The summed E-state index contributed by atoms with van der Waals surface area (Å²) in [5.74, 6) is 0. The first-order chi connectivity index (χ1) is 3.54. The van der Waals surface area contributed by atoms with Crippen LogP contribution in [0, 0.1) is 5.21 Å². The molecule has 0 radical (unpaired) electrons. The second-order valence-electron chi connectivity index (χ2n) is 3.07. The van der Waals surface area contributed by atoms with Crippen molar-refractivity contribution in [1.82, 2.24) is 0 Å². The summed E-state index contributed by atoms with van der Waals surface area (Å²) < 4.78 is 0.209. The highest BCUT2D eigenvalue weighted by atomic mass is 28.2. The normalized spacial score (nSPS) is 56.6. The number of nitrogens with zero attached hydrogens (tertiary/aromatic N) is 1. The van der Waals surface area contributed by atoms with Crippen LogP contribution in [0.1, 0.15) is 0 Å². The summed E-state index contributed by atoms with van der Waals surface area (Å²) >= 11 is 0. The van der Waals surface area contributed by atoms with Gasteiger partial charge in [0.2, 0.25) is 10.4 Å². The molecule has 0 aromatic heterocycles. The van der Waals surface area contributed by atoms with E-state index in [1.165, 1.54) is 10.2 Å². The van der Waals surface area contributed by atoms with Crippen LogP contribution in [0.4, 0.5) is 0 Å². The molecule has 0 bridgehead atoms. The van der Waals surface area contributed by atoms with Crippen molar-refractivity contribution >= 4 is 30.9 Å². The van der Waals surface area contributed by atoms with Crippen molar-refractivity contribution in [2.75, 3.05) is 6.54 Å². The van der Waals surface area contributed by atoms with Gasteiger partial charge >= 0.3 is 0 Å². The lowest BCUT2D eigenvalue weighted by Gasteiger charge is -2.59. The molecule has 0 aliphatic carbocycles. The smallest absolute Gasteiger partial charge is 0.239 e. The van der Waals surface area contributed by atoms with Gasteiger partial charge in [-0.3, -0.25) is 0 Å². The minimum atomic E-state index is 0.209. The van der Waals surface area contributed by atoms with E-state index in [0.717, 1.165) is 32.7 Å². The summed E-state index contributed by atoms with van der Waals surface area (Å²) in [5, 5.41) is 11.2. The minimum Gasteiger partial charge on any atom is -0.653 e. The van der Waals surface area contributed by atoms with Crippen molar-refractivity contribution in [3.8, 4) is 0 Å².